The zero-order chi connectivity index (χ0) is 32.4. The van der Waals surface area contributed by atoms with Gasteiger partial charge in [-0.2, -0.15) is 0 Å². The van der Waals surface area contributed by atoms with Crippen molar-refractivity contribution in [2.75, 3.05) is 20.1 Å². The van der Waals surface area contributed by atoms with E-state index >= 15 is 0 Å². The van der Waals surface area contributed by atoms with Gasteiger partial charge in [-0.25, -0.2) is 4.79 Å². The van der Waals surface area contributed by atoms with Crippen molar-refractivity contribution < 1.29 is 24.2 Å². The van der Waals surface area contributed by atoms with E-state index in [-0.39, 0.29) is 25.4 Å². The number of aromatic amines is 1. The molecule has 0 aliphatic heterocycles. The van der Waals surface area contributed by atoms with Crippen LogP contribution in [0.2, 0.25) is 0 Å². The summed E-state index contributed by atoms with van der Waals surface area (Å²) < 4.78 is 5.81. The second-order valence-corrected chi connectivity index (χ2v) is 12.4. The maximum absolute atomic E-state index is 14.1. The standard InChI is InChI=1S/C36H44N4O5/c1-36(2,3)45-35(44)40(20-19-37-29(23-33(41)42)22-28-24-38-31-18-12-11-17-30(28)31)32(21-26-13-7-5-8-14-26)34(43)39(4)25-27-15-9-6-10-16-27/h5-18,24,29,32,37-38H,19-23,25H2,1-4H3,(H,41,42)/t29-,32-/m0/s1. The lowest BCUT2D eigenvalue weighted by atomic mass is 10.0. The number of rotatable bonds is 14. The lowest BCUT2D eigenvalue weighted by molar-refractivity contribution is -0.137. The van der Waals surface area contributed by atoms with Crippen LogP contribution in [0.25, 0.3) is 10.9 Å². The van der Waals surface area contributed by atoms with Crippen molar-refractivity contribution in [1.82, 2.24) is 20.1 Å². The molecule has 0 aliphatic carbocycles. The monoisotopic (exact) mass is 612 g/mol. The van der Waals surface area contributed by atoms with E-state index in [1.54, 1.807) is 32.7 Å². The summed E-state index contributed by atoms with van der Waals surface area (Å²) in [4.78, 5) is 46.0. The van der Waals surface area contributed by atoms with E-state index in [1.807, 2.05) is 91.1 Å². The minimum atomic E-state index is -0.920. The fraction of sp³-hybridized carbons (Fsp3) is 0.361. The second kappa shape index (κ2) is 15.4. The predicted octanol–water partition coefficient (Wildman–Crippen LogP) is 5.65. The highest BCUT2D eigenvalue weighted by molar-refractivity contribution is 5.86. The molecule has 0 fully saturated rings. The number of para-hydroxylation sites is 1. The number of hydrogen-bond acceptors (Lipinski definition) is 5. The Hall–Kier alpha value is -4.63. The molecule has 0 saturated heterocycles. The van der Waals surface area contributed by atoms with Crippen molar-refractivity contribution in [3.63, 3.8) is 0 Å². The molecule has 0 spiro atoms. The van der Waals surface area contributed by atoms with Gasteiger partial charge in [-0.15, -0.1) is 0 Å². The Morgan fingerprint density at radius 1 is 0.889 bits per heavy atom. The van der Waals surface area contributed by atoms with E-state index < -0.39 is 29.7 Å². The second-order valence-electron chi connectivity index (χ2n) is 12.4. The van der Waals surface area contributed by atoms with Gasteiger partial charge in [0.25, 0.3) is 0 Å². The summed E-state index contributed by atoms with van der Waals surface area (Å²) in [7, 11) is 1.74. The number of aliphatic carboxylic acids is 1. The smallest absolute Gasteiger partial charge is 0.411 e. The van der Waals surface area contributed by atoms with E-state index in [9.17, 15) is 19.5 Å². The third kappa shape index (κ3) is 9.94. The van der Waals surface area contributed by atoms with Gasteiger partial charge in [0.1, 0.15) is 11.6 Å². The van der Waals surface area contributed by atoms with Gasteiger partial charge in [-0.1, -0.05) is 78.9 Å². The van der Waals surface area contributed by atoms with Crippen molar-refractivity contribution >= 4 is 28.9 Å². The highest BCUT2D eigenvalue weighted by Gasteiger charge is 2.35. The average Bonchev–Trinajstić information content (AvgIpc) is 3.40. The molecule has 1 aromatic heterocycles. The first-order valence-corrected chi connectivity index (χ1v) is 15.3. The van der Waals surface area contributed by atoms with Crippen LogP contribution in [0.1, 0.15) is 43.9 Å². The Morgan fingerprint density at radius 2 is 1.51 bits per heavy atom. The Kier molecular flexibility index (Phi) is 11.4. The van der Waals surface area contributed by atoms with Gasteiger partial charge in [0.2, 0.25) is 5.91 Å². The van der Waals surface area contributed by atoms with Gasteiger partial charge in [-0.05, 0) is 49.9 Å². The topological polar surface area (TPSA) is 115 Å². The lowest BCUT2D eigenvalue weighted by Gasteiger charge is -2.35. The zero-order valence-corrected chi connectivity index (χ0v) is 26.5. The van der Waals surface area contributed by atoms with Crippen LogP contribution < -0.4 is 5.32 Å². The molecule has 9 heteroatoms. The summed E-state index contributed by atoms with van der Waals surface area (Å²) in [5.41, 5.74) is 3.10. The Balaban J connectivity index is 1.57. The summed E-state index contributed by atoms with van der Waals surface area (Å²) in [6, 6.07) is 26.0. The molecule has 0 bridgehead atoms. The first-order valence-electron chi connectivity index (χ1n) is 15.3. The van der Waals surface area contributed by atoms with Crippen molar-refractivity contribution in [2.24, 2.45) is 0 Å². The number of amides is 2. The lowest BCUT2D eigenvalue weighted by Crippen LogP contribution is -2.54. The molecule has 0 radical (unpaired) electrons. The number of carboxylic acids is 1. The van der Waals surface area contributed by atoms with Gasteiger partial charge in [0, 0.05) is 56.2 Å². The molecule has 4 aromatic rings. The third-order valence-corrected chi connectivity index (χ3v) is 7.55. The Bertz CT molecular complexity index is 1550. The highest BCUT2D eigenvalue weighted by Crippen LogP contribution is 2.21. The number of likely N-dealkylation sites (N-methyl/N-ethyl adjacent to an activating group) is 1. The van der Waals surface area contributed by atoms with E-state index in [0.29, 0.717) is 19.4 Å². The fourth-order valence-electron chi connectivity index (χ4n) is 5.44. The van der Waals surface area contributed by atoms with Gasteiger partial charge >= 0.3 is 12.1 Å². The van der Waals surface area contributed by atoms with Gasteiger partial charge in [-0.3, -0.25) is 14.5 Å². The molecule has 0 aliphatic rings. The van der Waals surface area contributed by atoms with Crippen LogP contribution in [0.3, 0.4) is 0 Å². The molecule has 0 unspecified atom stereocenters. The first kappa shape index (κ1) is 33.3. The molecule has 9 nitrogen and oxygen atoms in total. The summed E-state index contributed by atoms with van der Waals surface area (Å²) in [5.74, 6) is -1.13. The number of aromatic nitrogens is 1. The van der Waals surface area contributed by atoms with Gasteiger partial charge in [0.15, 0.2) is 0 Å². The minimum Gasteiger partial charge on any atom is -0.481 e. The normalized spacial score (nSPS) is 12.8. The van der Waals surface area contributed by atoms with Crippen molar-refractivity contribution in [1.29, 1.82) is 0 Å². The number of fused-ring (bicyclic) bond motifs is 1. The zero-order valence-electron chi connectivity index (χ0n) is 26.5. The van der Waals surface area contributed by atoms with E-state index in [0.717, 1.165) is 27.6 Å². The Morgan fingerprint density at radius 3 is 2.16 bits per heavy atom. The molecule has 1 heterocycles. The molecule has 0 saturated carbocycles. The van der Waals surface area contributed by atoms with Crippen LogP contribution in [-0.2, 0) is 33.7 Å². The summed E-state index contributed by atoms with van der Waals surface area (Å²) in [5, 5.41) is 14.1. The third-order valence-electron chi connectivity index (χ3n) is 7.55. The SMILES string of the molecule is CN(Cc1ccccc1)C(=O)[C@H](Cc1ccccc1)N(CCN[C@H](CC(=O)O)Cc1c[nH]c2ccccc12)C(=O)OC(C)(C)C. The fourth-order valence-corrected chi connectivity index (χ4v) is 5.44. The molecular weight excluding hydrogens is 568 g/mol. The number of hydrogen-bond donors (Lipinski definition) is 3. The predicted molar refractivity (Wildman–Crippen MR) is 176 cm³/mol. The Labute approximate surface area is 265 Å². The minimum absolute atomic E-state index is 0.0991. The first-order chi connectivity index (χ1) is 21.5. The molecule has 3 aromatic carbocycles. The highest BCUT2D eigenvalue weighted by atomic mass is 16.6. The maximum Gasteiger partial charge on any atom is 0.411 e. The van der Waals surface area contributed by atoms with Crippen LogP contribution in [-0.4, -0.2) is 75.7 Å². The van der Waals surface area contributed by atoms with Crippen LogP contribution in [0, 0.1) is 0 Å². The van der Waals surface area contributed by atoms with Crippen LogP contribution >= 0.6 is 0 Å². The summed E-state index contributed by atoms with van der Waals surface area (Å²) in [6.45, 7) is 6.17. The van der Waals surface area contributed by atoms with Gasteiger partial charge < -0.3 is 25.0 Å². The van der Waals surface area contributed by atoms with Crippen molar-refractivity contribution in [3.05, 3.63) is 108 Å². The van der Waals surface area contributed by atoms with Crippen LogP contribution in [0.4, 0.5) is 4.79 Å². The molecule has 45 heavy (non-hydrogen) atoms. The quantitative estimate of drug-likeness (QED) is 0.170. The van der Waals surface area contributed by atoms with Crippen molar-refractivity contribution in [3.8, 4) is 0 Å². The maximum atomic E-state index is 14.1. The largest absolute Gasteiger partial charge is 0.481 e. The number of carbonyl (C=O) groups excluding carboxylic acids is 2. The molecule has 3 N–H and O–H groups in total. The molecule has 238 valence electrons. The average molecular weight is 613 g/mol. The molecular formula is C36H44N4O5. The number of benzene rings is 3. The number of carbonyl (C=O) groups is 3. The van der Waals surface area contributed by atoms with Crippen LogP contribution in [0.15, 0.2) is 91.1 Å². The number of ether oxygens (including phenoxy) is 1. The van der Waals surface area contributed by atoms with E-state index in [4.69, 9.17) is 4.74 Å². The number of nitrogens with one attached hydrogen (secondary N) is 2. The van der Waals surface area contributed by atoms with Crippen molar-refractivity contribution in [2.45, 2.75) is 64.3 Å². The summed E-state index contributed by atoms with van der Waals surface area (Å²) >= 11 is 0. The number of carboxylic acid groups (broad SMARTS) is 1. The van der Waals surface area contributed by atoms with E-state index in [1.165, 1.54) is 4.90 Å². The van der Waals surface area contributed by atoms with E-state index in [2.05, 4.69) is 10.3 Å². The molecule has 4 rings (SSSR count). The van der Waals surface area contributed by atoms with Crippen LogP contribution in [0.5, 0.6) is 0 Å². The van der Waals surface area contributed by atoms with Gasteiger partial charge in [0.05, 0.1) is 6.42 Å². The number of nitrogens with zero attached hydrogens (tertiary/aromatic N) is 2. The molecule has 2 atom stereocenters. The number of H-pyrrole nitrogens is 1. The summed E-state index contributed by atoms with van der Waals surface area (Å²) in [6.07, 6.45) is 1.99. The molecule has 2 amide bonds.